The first-order valence-electron chi connectivity index (χ1n) is 5.45. The predicted octanol–water partition coefficient (Wildman–Crippen LogP) is 0.504. The SMILES string of the molecule is CCCCNCC(O)c1cc(O)[nH]c(=O)c1. The number of nitrogens with one attached hydrogen (secondary N) is 2. The van der Waals surface area contributed by atoms with Gasteiger partial charge in [0.05, 0.1) is 6.10 Å². The van der Waals surface area contributed by atoms with E-state index < -0.39 is 11.7 Å². The van der Waals surface area contributed by atoms with Crippen molar-refractivity contribution < 1.29 is 10.2 Å². The fraction of sp³-hybridized carbons (Fsp3) is 0.545. The van der Waals surface area contributed by atoms with Crippen molar-refractivity contribution in [3.8, 4) is 5.88 Å². The van der Waals surface area contributed by atoms with Crippen molar-refractivity contribution in [3.05, 3.63) is 28.0 Å². The van der Waals surface area contributed by atoms with Crippen molar-refractivity contribution in [2.45, 2.75) is 25.9 Å². The molecule has 1 unspecified atom stereocenters. The van der Waals surface area contributed by atoms with E-state index in [9.17, 15) is 9.90 Å². The molecule has 1 heterocycles. The van der Waals surface area contributed by atoms with Crippen LogP contribution in [0.3, 0.4) is 0 Å². The third kappa shape index (κ3) is 4.04. The van der Waals surface area contributed by atoms with Crippen LogP contribution < -0.4 is 10.9 Å². The third-order valence-electron chi connectivity index (χ3n) is 2.28. The molecule has 4 N–H and O–H groups in total. The molecule has 0 amide bonds. The van der Waals surface area contributed by atoms with Crippen LogP contribution in [-0.2, 0) is 0 Å². The molecule has 0 aliphatic heterocycles. The summed E-state index contributed by atoms with van der Waals surface area (Å²) in [6.45, 7) is 3.30. The lowest BCUT2D eigenvalue weighted by Gasteiger charge is -2.11. The maximum absolute atomic E-state index is 11.0. The smallest absolute Gasteiger partial charge is 0.251 e. The normalized spacial score (nSPS) is 12.6. The zero-order chi connectivity index (χ0) is 12.0. The van der Waals surface area contributed by atoms with Gasteiger partial charge in [0.15, 0.2) is 5.88 Å². The van der Waals surface area contributed by atoms with Crippen LogP contribution in [0.15, 0.2) is 16.9 Å². The molecular formula is C11H18N2O3. The van der Waals surface area contributed by atoms with Crippen molar-refractivity contribution in [2.24, 2.45) is 0 Å². The Kier molecular flexibility index (Phi) is 5.01. The van der Waals surface area contributed by atoms with E-state index in [1.54, 1.807) is 0 Å². The molecule has 5 heteroatoms. The Hall–Kier alpha value is -1.33. The zero-order valence-corrected chi connectivity index (χ0v) is 9.36. The largest absolute Gasteiger partial charge is 0.495 e. The molecule has 0 spiro atoms. The predicted molar refractivity (Wildman–Crippen MR) is 61.5 cm³/mol. The second-order valence-corrected chi connectivity index (χ2v) is 3.74. The summed E-state index contributed by atoms with van der Waals surface area (Å²) < 4.78 is 0. The first-order valence-corrected chi connectivity index (χ1v) is 5.45. The van der Waals surface area contributed by atoms with Crippen LogP contribution in [0.5, 0.6) is 5.88 Å². The number of aromatic amines is 1. The average Bonchev–Trinajstić information content (AvgIpc) is 2.22. The van der Waals surface area contributed by atoms with Gasteiger partial charge >= 0.3 is 0 Å². The molecule has 0 aliphatic rings. The van der Waals surface area contributed by atoms with Gasteiger partial charge in [-0.2, -0.15) is 0 Å². The van der Waals surface area contributed by atoms with Crippen LogP contribution in [0.4, 0.5) is 0 Å². The van der Waals surface area contributed by atoms with Crippen LogP contribution in [-0.4, -0.2) is 28.3 Å². The molecule has 16 heavy (non-hydrogen) atoms. The fourth-order valence-corrected chi connectivity index (χ4v) is 1.40. The number of aliphatic hydroxyl groups is 1. The van der Waals surface area contributed by atoms with E-state index in [1.165, 1.54) is 12.1 Å². The maximum Gasteiger partial charge on any atom is 0.251 e. The van der Waals surface area contributed by atoms with Gasteiger partial charge in [0.1, 0.15) is 0 Å². The van der Waals surface area contributed by atoms with Gasteiger partial charge in [0.2, 0.25) is 0 Å². The lowest BCUT2D eigenvalue weighted by atomic mass is 10.1. The Balaban J connectivity index is 2.52. The van der Waals surface area contributed by atoms with Crippen LogP contribution in [0.25, 0.3) is 0 Å². The quantitative estimate of drug-likeness (QED) is 0.532. The van der Waals surface area contributed by atoms with E-state index in [0.29, 0.717) is 12.1 Å². The minimum absolute atomic E-state index is 0.227. The molecule has 0 aliphatic carbocycles. The van der Waals surface area contributed by atoms with E-state index in [-0.39, 0.29) is 5.88 Å². The molecule has 5 nitrogen and oxygen atoms in total. The number of aliphatic hydroxyl groups excluding tert-OH is 1. The van der Waals surface area contributed by atoms with Crippen LogP contribution in [0.2, 0.25) is 0 Å². The summed E-state index contributed by atoms with van der Waals surface area (Å²) in [7, 11) is 0. The topological polar surface area (TPSA) is 85.3 Å². The minimum Gasteiger partial charge on any atom is -0.495 e. The highest BCUT2D eigenvalue weighted by Gasteiger charge is 2.08. The summed E-state index contributed by atoms with van der Waals surface area (Å²) in [5, 5.41) is 22.0. The first kappa shape index (κ1) is 12.7. The molecule has 90 valence electrons. The van der Waals surface area contributed by atoms with Gasteiger partial charge in [-0.25, -0.2) is 0 Å². The van der Waals surface area contributed by atoms with Gasteiger partial charge < -0.3 is 15.5 Å². The van der Waals surface area contributed by atoms with E-state index in [2.05, 4.69) is 17.2 Å². The number of rotatable bonds is 6. The summed E-state index contributed by atoms with van der Waals surface area (Å²) in [6.07, 6.45) is 1.37. The third-order valence-corrected chi connectivity index (χ3v) is 2.28. The molecule has 1 aromatic rings. The van der Waals surface area contributed by atoms with Crippen molar-refractivity contribution in [1.29, 1.82) is 0 Å². The van der Waals surface area contributed by atoms with Gasteiger partial charge in [-0.3, -0.25) is 9.78 Å². The molecular weight excluding hydrogens is 208 g/mol. The van der Waals surface area contributed by atoms with E-state index in [4.69, 9.17) is 5.11 Å². The number of aromatic nitrogens is 1. The van der Waals surface area contributed by atoms with Crippen LogP contribution in [0, 0.1) is 0 Å². The van der Waals surface area contributed by atoms with Gasteiger partial charge in [-0.05, 0) is 18.5 Å². The Morgan fingerprint density at radius 2 is 2.25 bits per heavy atom. The summed E-state index contributed by atoms with van der Waals surface area (Å²) >= 11 is 0. The highest BCUT2D eigenvalue weighted by atomic mass is 16.3. The van der Waals surface area contributed by atoms with E-state index in [1.807, 2.05) is 0 Å². The number of hydrogen-bond acceptors (Lipinski definition) is 4. The number of aromatic hydroxyl groups is 1. The monoisotopic (exact) mass is 226 g/mol. The average molecular weight is 226 g/mol. The summed E-state index contributed by atoms with van der Waals surface area (Å²) in [5.74, 6) is -0.227. The Morgan fingerprint density at radius 1 is 1.50 bits per heavy atom. The molecule has 0 bridgehead atoms. The first-order chi connectivity index (χ1) is 7.63. The summed E-state index contributed by atoms with van der Waals surface area (Å²) in [5.41, 5.74) is 0.00727. The van der Waals surface area contributed by atoms with Crippen LogP contribution >= 0.6 is 0 Å². The van der Waals surface area contributed by atoms with Gasteiger partial charge in [-0.1, -0.05) is 13.3 Å². The van der Waals surface area contributed by atoms with Gasteiger partial charge in [-0.15, -0.1) is 0 Å². The lowest BCUT2D eigenvalue weighted by Crippen LogP contribution is -2.23. The standard InChI is InChI=1S/C11H18N2O3/c1-2-3-4-12-7-9(14)8-5-10(15)13-11(16)6-8/h5-6,9,12,14H,2-4,7H2,1H3,(H2,13,15,16). The Morgan fingerprint density at radius 3 is 2.88 bits per heavy atom. The maximum atomic E-state index is 11.0. The number of H-pyrrole nitrogens is 1. The Labute approximate surface area is 94.1 Å². The molecule has 0 radical (unpaired) electrons. The highest BCUT2D eigenvalue weighted by molar-refractivity contribution is 5.21. The number of unbranched alkanes of at least 4 members (excludes halogenated alkanes) is 1. The van der Waals surface area contributed by atoms with Crippen molar-refractivity contribution >= 4 is 0 Å². The molecule has 0 saturated heterocycles. The molecule has 0 fully saturated rings. The molecule has 1 aromatic heterocycles. The minimum atomic E-state index is -0.773. The summed E-state index contributed by atoms with van der Waals surface area (Å²) in [4.78, 5) is 13.3. The summed E-state index contributed by atoms with van der Waals surface area (Å²) in [6, 6.07) is 2.64. The number of pyridine rings is 1. The molecule has 0 saturated carbocycles. The second-order valence-electron chi connectivity index (χ2n) is 3.74. The highest BCUT2D eigenvalue weighted by Crippen LogP contribution is 2.13. The van der Waals surface area contributed by atoms with Crippen molar-refractivity contribution in [2.75, 3.05) is 13.1 Å². The lowest BCUT2D eigenvalue weighted by molar-refractivity contribution is 0.174. The van der Waals surface area contributed by atoms with Crippen LogP contribution in [0.1, 0.15) is 31.4 Å². The Bertz CT molecular complexity index is 376. The van der Waals surface area contributed by atoms with Crippen molar-refractivity contribution in [1.82, 2.24) is 10.3 Å². The van der Waals surface area contributed by atoms with Gasteiger partial charge in [0, 0.05) is 18.7 Å². The molecule has 0 aromatic carbocycles. The number of hydrogen-bond donors (Lipinski definition) is 4. The van der Waals surface area contributed by atoms with Crippen molar-refractivity contribution in [3.63, 3.8) is 0 Å². The van der Waals surface area contributed by atoms with E-state index in [0.717, 1.165) is 19.4 Å². The molecule has 1 rings (SSSR count). The zero-order valence-electron chi connectivity index (χ0n) is 9.36. The fourth-order valence-electron chi connectivity index (χ4n) is 1.40. The molecule has 1 atom stereocenters. The van der Waals surface area contributed by atoms with E-state index >= 15 is 0 Å². The second kappa shape index (κ2) is 6.30. The van der Waals surface area contributed by atoms with Gasteiger partial charge in [0.25, 0.3) is 5.56 Å².